The zero-order valence-corrected chi connectivity index (χ0v) is 14.5. The lowest BCUT2D eigenvalue weighted by molar-refractivity contribution is -0.125. The van der Waals surface area contributed by atoms with Crippen molar-refractivity contribution in [2.75, 3.05) is 19.7 Å². The first-order chi connectivity index (χ1) is 12.6. The Morgan fingerprint density at radius 3 is 2.50 bits per heavy atom. The molecule has 0 aliphatic rings. The van der Waals surface area contributed by atoms with Gasteiger partial charge < -0.3 is 25.8 Å². The highest BCUT2D eigenvalue weighted by molar-refractivity contribution is 5.85. The van der Waals surface area contributed by atoms with E-state index in [4.69, 9.17) is 15.2 Å². The van der Waals surface area contributed by atoms with E-state index in [9.17, 15) is 9.59 Å². The van der Waals surface area contributed by atoms with Crippen LogP contribution in [0.4, 0.5) is 0 Å². The number of benzene rings is 1. The molecular weight excluding hydrogens is 336 g/mol. The first kappa shape index (κ1) is 19.2. The Labute approximate surface area is 151 Å². The average Bonchev–Trinajstić information content (AvgIpc) is 2.67. The van der Waals surface area contributed by atoms with Gasteiger partial charge in [-0.15, -0.1) is 0 Å². The maximum Gasteiger partial charge on any atom is 0.239 e. The molecule has 138 valence electrons. The molecule has 0 spiro atoms. The molecule has 8 heteroatoms. The van der Waals surface area contributed by atoms with Crippen LogP contribution in [-0.4, -0.2) is 36.5 Å². The fourth-order valence-electron chi connectivity index (χ4n) is 2.01. The number of carbonyl (C=O) groups is 2. The summed E-state index contributed by atoms with van der Waals surface area (Å²) < 4.78 is 11.2. The van der Waals surface area contributed by atoms with Crippen molar-refractivity contribution in [3.05, 3.63) is 48.2 Å². The summed E-state index contributed by atoms with van der Waals surface area (Å²) in [7, 11) is 0. The molecule has 26 heavy (non-hydrogen) atoms. The van der Waals surface area contributed by atoms with E-state index in [2.05, 4.69) is 15.6 Å². The van der Waals surface area contributed by atoms with Gasteiger partial charge >= 0.3 is 0 Å². The Kier molecular flexibility index (Phi) is 7.38. The van der Waals surface area contributed by atoms with Gasteiger partial charge in [0.25, 0.3) is 0 Å². The summed E-state index contributed by atoms with van der Waals surface area (Å²) in [6, 6.07) is 10.9. The molecule has 2 aromatic rings. The van der Waals surface area contributed by atoms with Gasteiger partial charge in [-0.3, -0.25) is 9.59 Å². The van der Waals surface area contributed by atoms with Crippen LogP contribution < -0.4 is 25.8 Å². The van der Waals surface area contributed by atoms with Gasteiger partial charge in [-0.2, -0.15) is 0 Å². The molecule has 0 saturated heterocycles. The molecule has 4 N–H and O–H groups in total. The average molecular weight is 358 g/mol. The highest BCUT2D eigenvalue weighted by Gasteiger charge is 2.07. The highest BCUT2D eigenvalue weighted by Crippen LogP contribution is 2.30. The molecule has 0 aliphatic carbocycles. The molecule has 0 bridgehead atoms. The predicted molar refractivity (Wildman–Crippen MR) is 95.8 cm³/mol. The minimum absolute atomic E-state index is 0.112. The van der Waals surface area contributed by atoms with E-state index in [1.54, 1.807) is 24.4 Å². The molecule has 2 amide bonds. The van der Waals surface area contributed by atoms with E-state index in [0.717, 1.165) is 5.56 Å². The van der Waals surface area contributed by atoms with Crippen LogP contribution in [0, 0.1) is 0 Å². The van der Waals surface area contributed by atoms with Crippen LogP contribution in [0.15, 0.2) is 42.6 Å². The second-order valence-electron chi connectivity index (χ2n) is 5.24. The SMILES string of the molecule is CCOc1ccccc1Oc1ccc(CNC(=O)CNC(=O)CN)cn1. The summed E-state index contributed by atoms with van der Waals surface area (Å²) in [5, 5.41) is 5.08. The van der Waals surface area contributed by atoms with Crippen molar-refractivity contribution in [3.8, 4) is 17.4 Å². The number of nitrogens with one attached hydrogen (secondary N) is 2. The normalized spacial score (nSPS) is 10.1. The second kappa shape index (κ2) is 10.00. The fourth-order valence-corrected chi connectivity index (χ4v) is 2.01. The number of ether oxygens (including phenoxy) is 2. The Morgan fingerprint density at radius 2 is 1.85 bits per heavy atom. The number of amides is 2. The van der Waals surface area contributed by atoms with E-state index in [1.165, 1.54) is 0 Å². The number of aromatic nitrogens is 1. The Hall–Kier alpha value is -3.13. The van der Waals surface area contributed by atoms with Gasteiger partial charge in [0, 0.05) is 18.8 Å². The van der Waals surface area contributed by atoms with E-state index in [0.29, 0.717) is 30.5 Å². The Bertz CT molecular complexity index is 734. The van der Waals surface area contributed by atoms with E-state index in [-0.39, 0.29) is 24.9 Å². The largest absolute Gasteiger partial charge is 0.490 e. The number of nitrogens with zero attached hydrogens (tertiary/aromatic N) is 1. The van der Waals surface area contributed by atoms with E-state index in [1.807, 2.05) is 25.1 Å². The standard InChI is InChI=1S/C18H22N4O4/c1-2-25-14-5-3-4-6-15(14)26-18-8-7-13(11-22-18)10-20-17(24)12-21-16(23)9-19/h3-8,11H,2,9-10,12,19H2,1H3,(H,20,24)(H,21,23). The van der Waals surface area contributed by atoms with Crippen LogP contribution >= 0.6 is 0 Å². The number of pyridine rings is 1. The van der Waals surface area contributed by atoms with Gasteiger partial charge in [-0.1, -0.05) is 18.2 Å². The van der Waals surface area contributed by atoms with Gasteiger partial charge in [0.1, 0.15) is 0 Å². The van der Waals surface area contributed by atoms with Crippen LogP contribution in [0.2, 0.25) is 0 Å². The lowest BCUT2D eigenvalue weighted by atomic mass is 10.3. The maximum absolute atomic E-state index is 11.6. The summed E-state index contributed by atoms with van der Waals surface area (Å²) in [5.74, 6) is 0.960. The minimum atomic E-state index is -0.379. The first-order valence-electron chi connectivity index (χ1n) is 8.20. The van der Waals surface area contributed by atoms with Gasteiger partial charge in [0.15, 0.2) is 11.5 Å². The highest BCUT2D eigenvalue weighted by atomic mass is 16.5. The zero-order chi connectivity index (χ0) is 18.8. The van der Waals surface area contributed by atoms with Crippen LogP contribution in [-0.2, 0) is 16.1 Å². The molecular formula is C18H22N4O4. The number of nitrogens with two attached hydrogens (primary N) is 1. The molecule has 0 saturated carbocycles. The summed E-state index contributed by atoms with van der Waals surface area (Å²) in [6.45, 7) is 2.47. The third kappa shape index (κ3) is 6.06. The van der Waals surface area contributed by atoms with E-state index < -0.39 is 0 Å². The van der Waals surface area contributed by atoms with Crippen molar-refractivity contribution in [3.63, 3.8) is 0 Å². The number of carbonyl (C=O) groups excluding carboxylic acids is 2. The number of para-hydroxylation sites is 2. The lowest BCUT2D eigenvalue weighted by Crippen LogP contribution is -2.39. The molecule has 1 aromatic carbocycles. The Balaban J connectivity index is 1.86. The van der Waals surface area contributed by atoms with Crippen LogP contribution in [0.1, 0.15) is 12.5 Å². The fraction of sp³-hybridized carbons (Fsp3) is 0.278. The van der Waals surface area contributed by atoms with Gasteiger partial charge in [-0.25, -0.2) is 4.98 Å². The molecule has 0 aliphatic heterocycles. The maximum atomic E-state index is 11.6. The number of rotatable bonds is 9. The van der Waals surface area contributed by atoms with Crippen molar-refractivity contribution in [1.82, 2.24) is 15.6 Å². The molecule has 0 atom stereocenters. The topological polar surface area (TPSA) is 116 Å². The van der Waals surface area contributed by atoms with Crippen molar-refractivity contribution < 1.29 is 19.1 Å². The molecule has 1 aromatic heterocycles. The zero-order valence-electron chi connectivity index (χ0n) is 14.5. The lowest BCUT2D eigenvalue weighted by Gasteiger charge is -2.11. The van der Waals surface area contributed by atoms with Gasteiger partial charge in [0.2, 0.25) is 17.7 Å². The first-order valence-corrected chi connectivity index (χ1v) is 8.20. The van der Waals surface area contributed by atoms with Crippen molar-refractivity contribution in [2.45, 2.75) is 13.5 Å². The predicted octanol–water partition coefficient (Wildman–Crippen LogP) is 0.964. The van der Waals surface area contributed by atoms with Crippen LogP contribution in [0.25, 0.3) is 0 Å². The van der Waals surface area contributed by atoms with Crippen molar-refractivity contribution in [1.29, 1.82) is 0 Å². The molecule has 2 rings (SSSR count). The second-order valence-corrected chi connectivity index (χ2v) is 5.24. The monoisotopic (exact) mass is 358 g/mol. The van der Waals surface area contributed by atoms with Crippen LogP contribution in [0.3, 0.4) is 0 Å². The molecule has 1 heterocycles. The molecule has 8 nitrogen and oxygen atoms in total. The molecule has 0 fully saturated rings. The number of hydrogen-bond donors (Lipinski definition) is 3. The van der Waals surface area contributed by atoms with Gasteiger partial charge in [-0.05, 0) is 24.6 Å². The molecule has 0 radical (unpaired) electrons. The van der Waals surface area contributed by atoms with Crippen molar-refractivity contribution >= 4 is 11.8 Å². The summed E-state index contributed by atoms with van der Waals surface area (Å²) in [6.07, 6.45) is 1.61. The quantitative estimate of drug-likeness (QED) is 0.615. The van der Waals surface area contributed by atoms with Crippen molar-refractivity contribution in [2.24, 2.45) is 5.73 Å². The Morgan fingerprint density at radius 1 is 1.08 bits per heavy atom. The smallest absolute Gasteiger partial charge is 0.239 e. The minimum Gasteiger partial charge on any atom is -0.490 e. The van der Waals surface area contributed by atoms with Gasteiger partial charge in [0.05, 0.1) is 19.7 Å². The summed E-state index contributed by atoms with van der Waals surface area (Å²) >= 11 is 0. The van der Waals surface area contributed by atoms with Crippen LogP contribution in [0.5, 0.6) is 17.4 Å². The third-order valence-corrected chi connectivity index (χ3v) is 3.28. The molecule has 0 unspecified atom stereocenters. The summed E-state index contributed by atoms with van der Waals surface area (Å²) in [4.78, 5) is 26.8. The third-order valence-electron chi connectivity index (χ3n) is 3.28. The summed E-state index contributed by atoms with van der Waals surface area (Å²) in [5.41, 5.74) is 5.95. The van der Waals surface area contributed by atoms with E-state index >= 15 is 0 Å². The number of hydrogen-bond acceptors (Lipinski definition) is 6.